The maximum atomic E-state index is 12.7. The molecule has 0 aromatic heterocycles. The number of methoxy groups -OCH3 is 2. The Labute approximate surface area is 141 Å². The Morgan fingerprint density at radius 2 is 2.00 bits per heavy atom. The topological polar surface area (TPSA) is 94.2 Å². The van der Waals surface area contributed by atoms with Crippen molar-refractivity contribution in [1.29, 1.82) is 0 Å². The van der Waals surface area contributed by atoms with E-state index in [1.165, 1.54) is 36.7 Å². The molecule has 9 heteroatoms. The highest BCUT2D eigenvalue weighted by Crippen LogP contribution is 2.25. The van der Waals surface area contributed by atoms with Gasteiger partial charge in [-0.15, -0.1) is 0 Å². The van der Waals surface area contributed by atoms with Crippen LogP contribution in [0.1, 0.15) is 10.4 Å². The smallest absolute Gasteiger partial charge is 0.255 e. The molecule has 1 aliphatic rings. The van der Waals surface area contributed by atoms with E-state index in [-0.39, 0.29) is 10.5 Å². The molecule has 1 N–H and O–H groups in total. The van der Waals surface area contributed by atoms with Gasteiger partial charge >= 0.3 is 0 Å². The predicted molar refractivity (Wildman–Crippen MR) is 86.8 cm³/mol. The second-order valence-corrected chi connectivity index (χ2v) is 7.07. The molecule has 1 aliphatic heterocycles. The third kappa shape index (κ3) is 4.23. The molecule has 1 aromatic rings. The molecule has 0 atom stereocenters. The molecule has 1 aromatic carbocycles. The molecule has 1 heterocycles. The van der Waals surface area contributed by atoms with Gasteiger partial charge in [-0.1, -0.05) is 0 Å². The fraction of sp³-hybridized carbons (Fsp3) is 0.533. The van der Waals surface area contributed by atoms with Crippen molar-refractivity contribution in [2.45, 2.75) is 4.90 Å². The average molecular weight is 358 g/mol. The number of ether oxygens (including phenoxy) is 3. The minimum atomic E-state index is -3.68. The number of rotatable bonds is 7. The van der Waals surface area contributed by atoms with Crippen molar-refractivity contribution in [1.82, 2.24) is 9.62 Å². The van der Waals surface area contributed by atoms with Crippen LogP contribution in [-0.2, 0) is 19.5 Å². The lowest BCUT2D eigenvalue weighted by Gasteiger charge is -2.26. The summed E-state index contributed by atoms with van der Waals surface area (Å²) >= 11 is 0. The van der Waals surface area contributed by atoms with Gasteiger partial charge in [0.15, 0.2) is 0 Å². The largest absolute Gasteiger partial charge is 0.496 e. The minimum absolute atomic E-state index is 0.0575. The van der Waals surface area contributed by atoms with Crippen LogP contribution in [0.4, 0.5) is 0 Å². The molecule has 8 nitrogen and oxygen atoms in total. The van der Waals surface area contributed by atoms with Crippen molar-refractivity contribution in [3.8, 4) is 5.75 Å². The Balaban J connectivity index is 2.28. The van der Waals surface area contributed by atoms with Gasteiger partial charge in [-0.25, -0.2) is 8.42 Å². The van der Waals surface area contributed by atoms with Crippen LogP contribution in [0.5, 0.6) is 5.75 Å². The summed E-state index contributed by atoms with van der Waals surface area (Å²) in [4.78, 5) is 12.3. The van der Waals surface area contributed by atoms with Gasteiger partial charge in [0, 0.05) is 26.7 Å². The van der Waals surface area contributed by atoms with Crippen LogP contribution in [0.3, 0.4) is 0 Å². The second-order valence-electron chi connectivity index (χ2n) is 5.13. The number of nitrogens with one attached hydrogen (secondary N) is 1. The van der Waals surface area contributed by atoms with Gasteiger partial charge in [-0.05, 0) is 18.2 Å². The van der Waals surface area contributed by atoms with Crippen LogP contribution in [0.25, 0.3) is 0 Å². The molecule has 1 fully saturated rings. The highest BCUT2D eigenvalue weighted by molar-refractivity contribution is 7.89. The minimum Gasteiger partial charge on any atom is -0.496 e. The maximum absolute atomic E-state index is 12.7. The predicted octanol–water partition coefficient (Wildman–Crippen LogP) is 0.0923. The quantitative estimate of drug-likeness (QED) is 0.695. The number of benzene rings is 1. The Morgan fingerprint density at radius 3 is 2.62 bits per heavy atom. The van der Waals surface area contributed by atoms with E-state index in [9.17, 15) is 13.2 Å². The first-order chi connectivity index (χ1) is 11.5. The van der Waals surface area contributed by atoms with Crippen molar-refractivity contribution in [3.05, 3.63) is 23.8 Å². The number of hydrogen-bond acceptors (Lipinski definition) is 6. The zero-order valence-electron chi connectivity index (χ0n) is 13.8. The van der Waals surface area contributed by atoms with Gasteiger partial charge in [0.1, 0.15) is 5.75 Å². The summed E-state index contributed by atoms with van der Waals surface area (Å²) in [5.41, 5.74) is 0.169. The Morgan fingerprint density at radius 1 is 1.29 bits per heavy atom. The van der Waals surface area contributed by atoms with E-state index < -0.39 is 15.9 Å². The Kier molecular flexibility index (Phi) is 6.55. The molecule has 0 radical (unpaired) electrons. The molecule has 0 bridgehead atoms. The van der Waals surface area contributed by atoms with Crippen LogP contribution in [0, 0.1) is 0 Å². The van der Waals surface area contributed by atoms with Gasteiger partial charge in [0.2, 0.25) is 10.0 Å². The fourth-order valence-electron chi connectivity index (χ4n) is 2.32. The summed E-state index contributed by atoms with van der Waals surface area (Å²) in [6.07, 6.45) is 0. The van der Waals surface area contributed by atoms with Gasteiger partial charge in [-0.2, -0.15) is 4.31 Å². The van der Waals surface area contributed by atoms with E-state index in [0.717, 1.165) is 0 Å². The van der Waals surface area contributed by atoms with Gasteiger partial charge < -0.3 is 19.5 Å². The van der Waals surface area contributed by atoms with Crippen LogP contribution in [0.2, 0.25) is 0 Å². The average Bonchev–Trinajstić information content (AvgIpc) is 2.62. The normalized spacial score (nSPS) is 15.9. The number of morpholine rings is 1. The van der Waals surface area contributed by atoms with E-state index in [1.807, 2.05) is 0 Å². The molecule has 0 spiro atoms. The van der Waals surface area contributed by atoms with Gasteiger partial charge in [0.05, 0.1) is 37.4 Å². The first-order valence-electron chi connectivity index (χ1n) is 7.53. The Bertz CT molecular complexity index is 671. The molecule has 24 heavy (non-hydrogen) atoms. The monoisotopic (exact) mass is 358 g/mol. The third-order valence-electron chi connectivity index (χ3n) is 3.62. The Hall–Kier alpha value is -1.68. The first kappa shape index (κ1) is 18.7. The van der Waals surface area contributed by atoms with Crippen LogP contribution < -0.4 is 10.1 Å². The van der Waals surface area contributed by atoms with Crippen molar-refractivity contribution >= 4 is 15.9 Å². The lowest BCUT2D eigenvalue weighted by molar-refractivity contribution is 0.0730. The standard InChI is InChI=1S/C15H22N2O6S/c1-21-8-5-16-15(18)13-11-12(3-4-14(13)22-2)24(19,20)17-6-9-23-10-7-17/h3-4,11H,5-10H2,1-2H3,(H,16,18). The molecule has 1 saturated heterocycles. The molecule has 0 saturated carbocycles. The van der Waals surface area contributed by atoms with E-state index >= 15 is 0 Å². The molecular weight excluding hydrogens is 336 g/mol. The van der Waals surface area contributed by atoms with Crippen LogP contribution >= 0.6 is 0 Å². The number of carbonyl (C=O) groups excluding carboxylic acids is 1. The zero-order chi connectivity index (χ0) is 17.6. The maximum Gasteiger partial charge on any atom is 0.255 e. The van der Waals surface area contributed by atoms with Gasteiger partial charge in [0.25, 0.3) is 5.91 Å². The van der Waals surface area contributed by atoms with E-state index in [2.05, 4.69) is 5.32 Å². The molecular formula is C15H22N2O6S. The van der Waals surface area contributed by atoms with Gasteiger partial charge in [-0.3, -0.25) is 4.79 Å². The lowest BCUT2D eigenvalue weighted by atomic mass is 10.2. The number of amides is 1. The lowest BCUT2D eigenvalue weighted by Crippen LogP contribution is -2.40. The van der Waals surface area contributed by atoms with Crippen molar-refractivity contribution in [2.75, 3.05) is 53.7 Å². The molecule has 0 unspecified atom stereocenters. The highest BCUT2D eigenvalue weighted by atomic mass is 32.2. The van der Waals surface area contributed by atoms with Crippen molar-refractivity contribution in [2.24, 2.45) is 0 Å². The SMILES string of the molecule is COCCNC(=O)c1cc(S(=O)(=O)N2CCOCC2)ccc1OC. The molecule has 134 valence electrons. The first-order valence-corrected chi connectivity index (χ1v) is 8.97. The van der Waals surface area contributed by atoms with Crippen molar-refractivity contribution in [3.63, 3.8) is 0 Å². The van der Waals surface area contributed by atoms with Crippen LogP contribution in [0.15, 0.2) is 23.1 Å². The summed E-state index contributed by atoms with van der Waals surface area (Å²) in [6.45, 7) is 1.99. The summed E-state index contributed by atoms with van der Waals surface area (Å²) < 4.78 is 42.0. The number of hydrogen-bond donors (Lipinski definition) is 1. The van der Waals surface area contributed by atoms with E-state index in [1.54, 1.807) is 0 Å². The summed E-state index contributed by atoms with van der Waals surface area (Å²) in [6, 6.07) is 4.26. The van der Waals surface area contributed by atoms with E-state index in [0.29, 0.717) is 45.2 Å². The fourth-order valence-corrected chi connectivity index (χ4v) is 3.76. The van der Waals surface area contributed by atoms with E-state index in [4.69, 9.17) is 14.2 Å². The number of carbonyl (C=O) groups is 1. The molecule has 1 amide bonds. The number of sulfonamides is 1. The number of nitrogens with zero attached hydrogens (tertiary/aromatic N) is 1. The van der Waals surface area contributed by atoms with Crippen LogP contribution in [-0.4, -0.2) is 72.3 Å². The zero-order valence-corrected chi connectivity index (χ0v) is 14.6. The molecule has 2 rings (SSSR count). The molecule has 0 aliphatic carbocycles. The third-order valence-corrected chi connectivity index (χ3v) is 5.51. The summed E-state index contributed by atoms with van der Waals surface area (Å²) in [5.74, 6) is -0.103. The summed E-state index contributed by atoms with van der Waals surface area (Å²) in [7, 11) is -0.717. The van der Waals surface area contributed by atoms with Crippen molar-refractivity contribution < 1.29 is 27.4 Å². The second kappa shape index (κ2) is 8.43. The summed E-state index contributed by atoms with van der Waals surface area (Å²) in [5, 5.41) is 2.66. The highest BCUT2D eigenvalue weighted by Gasteiger charge is 2.27.